The highest BCUT2D eigenvalue weighted by Crippen LogP contribution is 2.54. The van der Waals surface area contributed by atoms with Crippen molar-refractivity contribution in [2.24, 2.45) is 5.41 Å². The SMILES string of the molecule is Cc1c(Cl)cnn1C1CC(O)CCC12CCCC2. The third-order valence-electron chi connectivity index (χ3n) is 5.06. The molecule has 1 spiro atoms. The Morgan fingerprint density at radius 1 is 1.39 bits per heavy atom. The number of hydrogen-bond acceptors (Lipinski definition) is 2. The summed E-state index contributed by atoms with van der Waals surface area (Å²) in [5.41, 5.74) is 1.40. The Bertz CT molecular complexity index is 437. The first-order valence-corrected chi connectivity index (χ1v) is 7.38. The summed E-state index contributed by atoms with van der Waals surface area (Å²) < 4.78 is 2.08. The Morgan fingerprint density at radius 3 is 2.72 bits per heavy atom. The van der Waals surface area contributed by atoms with Crippen LogP contribution in [0.4, 0.5) is 0 Å². The largest absolute Gasteiger partial charge is 0.393 e. The summed E-state index contributed by atoms with van der Waals surface area (Å²) in [6.45, 7) is 2.03. The van der Waals surface area contributed by atoms with E-state index in [1.807, 2.05) is 6.92 Å². The maximum absolute atomic E-state index is 10.0. The molecule has 0 aliphatic heterocycles. The molecule has 2 saturated carbocycles. The molecule has 1 N–H and O–H groups in total. The number of halogens is 1. The van der Waals surface area contributed by atoms with Crippen molar-refractivity contribution >= 4 is 11.6 Å². The minimum Gasteiger partial charge on any atom is -0.393 e. The van der Waals surface area contributed by atoms with Gasteiger partial charge in [0.2, 0.25) is 0 Å². The summed E-state index contributed by atoms with van der Waals surface area (Å²) in [4.78, 5) is 0. The van der Waals surface area contributed by atoms with Crippen molar-refractivity contribution in [3.05, 3.63) is 16.9 Å². The fourth-order valence-electron chi connectivity index (χ4n) is 3.98. The Morgan fingerprint density at radius 2 is 2.11 bits per heavy atom. The van der Waals surface area contributed by atoms with Crippen molar-refractivity contribution < 1.29 is 5.11 Å². The molecule has 0 aromatic carbocycles. The van der Waals surface area contributed by atoms with Gasteiger partial charge in [0, 0.05) is 0 Å². The monoisotopic (exact) mass is 268 g/mol. The molecule has 0 saturated heterocycles. The van der Waals surface area contributed by atoms with Crippen molar-refractivity contribution in [1.82, 2.24) is 9.78 Å². The number of nitrogens with zero attached hydrogens (tertiary/aromatic N) is 2. The Balaban J connectivity index is 1.97. The molecule has 2 atom stereocenters. The molecule has 4 heteroatoms. The summed E-state index contributed by atoms with van der Waals surface area (Å²) in [5.74, 6) is 0. The van der Waals surface area contributed by atoms with E-state index < -0.39 is 0 Å². The van der Waals surface area contributed by atoms with E-state index >= 15 is 0 Å². The highest BCUT2D eigenvalue weighted by Gasteiger charge is 2.46. The Hall–Kier alpha value is -0.540. The molecule has 0 bridgehead atoms. The third kappa shape index (κ3) is 1.88. The molecule has 1 aromatic rings. The standard InChI is InChI=1S/C14H21ClN2O/c1-10-12(15)9-16-17(10)13-8-11(18)4-7-14(13)5-2-3-6-14/h9,11,13,18H,2-8H2,1H3. The zero-order valence-electron chi connectivity index (χ0n) is 10.9. The normalized spacial score (nSPS) is 31.1. The van der Waals surface area contributed by atoms with Crippen molar-refractivity contribution in [1.29, 1.82) is 0 Å². The van der Waals surface area contributed by atoms with Crippen LogP contribution in [0.25, 0.3) is 0 Å². The number of aliphatic hydroxyl groups excluding tert-OH is 1. The molecule has 2 fully saturated rings. The van der Waals surface area contributed by atoms with Gasteiger partial charge in [0.1, 0.15) is 0 Å². The average molecular weight is 269 g/mol. The quantitative estimate of drug-likeness (QED) is 0.847. The van der Waals surface area contributed by atoms with Gasteiger partial charge in [-0.1, -0.05) is 24.4 Å². The first kappa shape index (κ1) is 12.5. The summed E-state index contributed by atoms with van der Waals surface area (Å²) in [7, 11) is 0. The van der Waals surface area contributed by atoms with Gasteiger partial charge in [-0.25, -0.2) is 0 Å². The van der Waals surface area contributed by atoms with Crippen LogP contribution in [-0.4, -0.2) is 21.0 Å². The van der Waals surface area contributed by atoms with Crippen molar-refractivity contribution in [2.45, 2.75) is 64.0 Å². The lowest BCUT2D eigenvalue weighted by Crippen LogP contribution is -2.39. The second kappa shape index (κ2) is 4.53. The predicted octanol–water partition coefficient (Wildman–Crippen LogP) is 3.49. The first-order valence-electron chi connectivity index (χ1n) is 7.00. The minimum absolute atomic E-state index is 0.177. The molecule has 0 amide bonds. The molecule has 1 heterocycles. The zero-order valence-corrected chi connectivity index (χ0v) is 11.7. The van der Waals surface area contributed by atoms with Gasteiger partial charge in [0.05, 0.1) is 29.1 Å². The average Bonchev–Trinajstić information content (AvgIpc) is 2.94. The number of aromatic nitrogens is 2. The number of rotatable bonds is 1. The molecule has 1 aromatic heterocycles. The van der Waals surface area contributed by atoms with Gasteiger partial charge in [-0.15, -0.1) is 0 Å². The molecule has 3 rings (SSSR count). The predicted molar refractivity (Wildman–Crippen MR) is 71.8 cm³/mol. The highest BCUT2D eigenvalue weighted by atomic mass is 35.5. The highest BCUT2D eigenvalue weighted by molar-refractivity contribution is 6.31. The summed E-state index contributed by atoms with van der Waals surface area (Å²) in [6, 6.07) is 0.330. The smallest absolute Gasteiger partial charge is 0.0815 e. The molecule has 100 valence electrons. The van der Waals surface area contributed by atoms with Gasteiger partial charge in [-0.05, 0) is 44.4 Å². The van der Waals surface area contributed by atoms with Crippen molar-refractivity contribution in [3.8, 4) is 0 Å². The third-order valence-corrected chi connectivity index (χ3v) is 5.43. The fraction of sp³-hybridized carbons (Fsp3) is 0.786. The van der Waals surface area contributed by atoms with Crippen molar-refractivity contribution in [3.63, 3.8) is 0 Å². The van der Waals surface area contributed by atoms with Crippen LogP contribution in [0.3, 0.4) is 0 Å². The van der Waals surface area contributed by atoms with E-state index in [0.717, 1.165) is 30.0 Å². The molecule has 18 heavy (non-hydrogen) atoms. The van der Waals surface area contributed by atoms with E-state index in [0.29, 0.717) is 11.5 Å². The van der Waals surface area contributed by atoms with E-state index in [4.69, 9.17) is 11.6 Å². The summed E-state index contributed by atoms with van der Waals surface area (Å²) in [6.07, 6.45) is 9.67. The van der Waals surface area contributed by atoms with Crippen LogP contribution in [0.5, 0.6) is 0 Å². The van der Waals surface area contributed by atoms with Crippen LogP contribution in [0.1, 0.15) is 56.7 Å². The van der Waals surface area contributed by atoms with Gasteiger partial charge in [-0.3, -0.25) is 4.68 Å². The van der Waals surface area contributed by atoms with E-state index in [2.05, 4.69) is 9.78 Å². The summed E-state index contributed by atoms with van der Waals surface area (Å²) in [5, 5.41) is 15.2. The Labute approximate surface area is 113 Å². The van der Waals surface area contributed by atoms with Gasteiger partial charge in [0.25, 0.3) is 0 Å². The molecular formula is C14H21ClN2O. The molecule has 0 radical (unpaired) electrons. The zero-order chi connectivity index (χ0) is 12.8. The molecule has 3 nitrogen and oxygen atoms in total. The lowest BCUT2D eigenvalue weighted by Gasteiger charge is -2.43. The lowest BCUT2D eigenvalue weighted by molar-refractivity contribution is 0.0116. The topological polar surface area (TPSA) is 38.0 Å². The van der Waals surface area contributed by atoms with E-state index in [1.54, 1.807) is 6.20 Å². The maximum Gasteiger partial charge on any atom is 0.0815 e. The van der Waals surface area contributed by atoms with E-state index in [9.17, 15) is 5.11 Å². The van der Waals surface area contributed by atoms with Crippen LogP contribution in [-0.2, 0) is 0 Å². The van der Waals surface area contributed by atoms with E-state index in [1.165, 1.54) is 25.7 Å². The molecular weight excluding hydrogens is 248 g/mol. The van der Waals surface area contributed by atoms with Crippen LogP contribution >= 0.6 is 11.6 Å². The van der Waals surface area contributed by atoms with Crippen LogP contribution in [0.15, 0.2) is 6.20 Å². The van der Waals surface area contributed by atoms with Crippen LogP contribution < -0.4 is 0 Å². The number of aliphatic hydroxyl groups is 1. The number of hydrogen-bond donors (Lipinski definition) is 1. The van der Waals surface area contributed by atoms with Crippen LogP contribution in [0.2, 0.25) is 5.02 Å². The van der Waals surface area contributed by atoms with Gasteiger partial charge >= 0.3 is 0 Å². The second-order valence-corrected chi connectivity index (χ2v) is 6.44. The van der Waals surface area contributed by atoms with Crippen molar-refractivity contribution in [2.75, 3.05) is 0 Å². The van der Waals surface area contributed by atoms with Gasteiger partial charge < -0.3 is 5.11 Å². The summed E-state index contributed by atoms with van der Waals surface area (Å²) >= 11 is 6.13. The molecule has 2 aliphatic carbocycles. The molecule has 2 unspecified atom stereocenters. The first-order chi connectivity index (χ1) is 8.62. The van der Waals surface area contributed by atoms with Crippen LogP contribution in [0, 0.1) is 12.3 Å². The minimum atomic E-state index is -0.177. The van der Waals surface area contributed by atoms with Gasteiger partial charge in [0.15, 0.2) is 0 Å². The molecule has 2 aliphatic rings. The lowest BCUT2D eigenvalue weighted by atomic mass is 9.68. The second-order valence-electron chi connectivity index (χ2n) is 6.04. The Kier molecular flexibility index (Phi) is 3.15. The van der Waals surface area contributed by atoms with Gasteiger partial charge in [-0.2, -0.15) is 5.10 Å². The fourth-order valence-corrected chi connectivity index (χ4v) is 4.11. The van der Waals surface area contributed by atoms with E-state index in [-0.39, 0.29) is 6.10 Å². The maximum atomic E-state index is 10.0.